The molecule has 2 N–H and O–H groups in total. The van der Waals surface area contributed by atoms with Crippen LogP contribution in [-0.4, -0.2) is 38.6 Å². The summed E-state index contributed by atoms with van der Waals surface area (Å²) in [5.41, 5.74) is 2.13. The van der Waals surface area contributed by atoms with Gasteiger partial charge in [-0.2, -0.15) is 13.9 Å². The monoisotopic (exact) mass is 569 g/mol. The van der Waals surface area contributed by atoms with Gasteiger partial charge in [0.2, 0.25) is 5.91 Å². The van der Waals surface area contributed by atoms with Crippen molar-refractivity contribution in [2.24, 2.45) is 5.10 Å². The highest BCUT2D eigenvalue weighted by Gasteiger charge is 2.45. The van der Waals surface area contributed by atoms with E-state index >= 15 is 0 Å². The number of nitrogens with one attached hydrogen (secondary N) is 1. The molecule has 39 heavy (non-hydrogen) atoms. The number of carbonyl (C=O) groups is 2. The van der Waals surface area contributed by atoms with Gasteiger partial charge in [0.1, 0.15) is 6.42 Å². The average Bonchev–Trinajstić information content (AvgIpc) is 3.34. The molecule has 1 aliphatic heterocycles. The lowest BCUT2D eigenvalue weighted by molar-refractivity contribution is -0.170. The van der Waals surface area contributed by atoms with E-state index in [4.69, 9.17) is 28.3 Å². The smallest absolute Gasteiger partial charge is 0.375 e. The first-order valence-corrected chi connectivity index (χ1v) is 12.5. The molecule has 0 saturated carbocycles. The number of benzene rings is 3. The quantitative estimate of drug-likeness (QED) is 0.285. The number of pyridine rings is 1. The number of carboxylic acids is 1. The number of H-pyrrole nitrogens is 1. The standard InChI is InChI=1S/C28H19Cl2F2N3O4/c29-17-9-5-15(6-10-17)22-13-21(34-35(22)23(36)14-28(31,32)27(38)39)25-24(16-7-11-18(30)12-8-16)19-3-1-2-4-20(19)33-26(25)37/h1-12,22H,13-14H2,(H,33,37)(H,38,39)/t22-/m0/s1. The van der Waals surface area contributed by atoms with Crippen LogP contribution in [0.2, 0.25) is 10.0 Å². The molecule has 0 radical (unpaired) electrons. The lowest BCUT2D eigenvalue weighted by atomic mass is 9.91. The van der Waals surface area contributed by atoms with Crippen molar-refractivity contribution in [1.29, 1.82) is 0 Å². The number of carboxylic acid groups (broad SMARTS) is 1. The van der Waals surface area contributed by atoms with Crippen LogP contribution in [0.3, 0.4) is 0 Å². The molecule has 0 aliphatic carbocycles. The molecule has 198 valence electrons. The Morgan fingerprint density at radius 3 is 2.23 bits per heavy atom. The fourth-order valence-corrected chi connectivity index (χ4v) is 4.87. The van der Waals surface area contributed by atoms with Crippen LogP contribution in [0, 0.1) is 0 Å². The molecular weight excluding hydrogens is 551 g/mol. The third-order valence-electron chi connectivity index (χ3n) is 6.45. The summed E-state index contributed by atoms with van der Waals surface area (Å²) in [4.78, 5) is 40.4. The molecule has 5 rings (SSSR count). The fraction of sp³-hybridized carbons (Fsp3) is 0.143. The molecule has 1 atom stereocenters. The third-order valence-corrected chi connectivity index (χ3v) is 6.95. The normalized spacial score (nSPS) is 15.4. The summed E-state index contributed by atoms with van der Waals surface area (Å²) in [6.45, 7) is 0. The van der Waals surface area contributed by atoms with Gasteiger partial charge in [-0.05, 0) is 41.5 Å². The molecule has 0 spiro atoms. The Hall–Kier alpha value is -4.08. The van der Waals surface area contributed by atoms with Crippen molar-refractivity contribution in [3.8, 4) is 11.1 Å². The van der Waals surface area contributed by atoms with Crippen LogP contribution in [0.1, 0.15) is 30.0 Å². The predicted octanol–water partition coefficient (Wildman–Crippen LogP) is 6.29. The molecule has 2 heterocycles. The van der Waals surface area contributed by atoms with E-state index < -0.39 is 35.8 Å². The second-order valence-corrected chi connectivity index (χ2v) is 9.87. The maximum absolute atomic E-state index is 14.0. The minimum atomic E-state index is -4.30. The van der Waals surface area contributed by atoms with Crippen molar-refractivity contribution in [2.45, 2.75) is 24.8 Å². The molecule has 11 heteroatoms. The first-order valence-electron chi connectivity index (χ1n) is 11.7. The van der Waals surface area contributed by atoms with E-state index in [1.165, 1.54) is 0 Å². The molecule has 3 aromatic carbocycles. The molecule has 0 fully saturated rings. The first-order chi connectivity index (χ1) is 18.5. The van der Waals surface area contributed by atoms with Crippen molar-refractivity contribution in [3.63, 3.8) is 0 Å². The number of alkyl halides is 2. The average molecular weight is 570 g/mol. The van der Waals surface area contributed by atoms with Crippen molar-refractivity contribution in [3.05, 3.63) is 104 Å². The number of hydrogen-bond acceptors (Lipinski definition) is 4. The minimum Gasteiger partial charge on any atom is -0.477 e. The first kappa shape index (κ1) is 26.5. The zero-order valence-electron chi connectivity index (χ0n) is 20.0. The van der Waals surface area contributed by atoms with Crippen LogP contribution in [0.25, 0.3) is 22.0 Å². The van der Waals surface area contributed by atoms with Crippen LogP contribution in [0.15, 0.2) is 82.7 Å². The lowest BCUT2D eigenvalue weighted by Gasteiger charge is -2.23. The van der Waals surface area contributed by atoms with Gasteiger partial charge in [0.15, 0.2) is 0 Å². The SMILES string of the molecule is O=C(CC(F)(F)C(=O)O)N1N=C(c2c(-c3ccc(Cl)cc3)c3ccccc3[nH]c2=O)C[C@H]1c1ccc(Cl)cc1. The molecule has 0 bridgehead atoms. The topological polar surface area (TPSA) is 103 Å². The number of para-hydroxylation sites is 1. The Morgan fingerprint density at radius 2 is 1.59 bits per heavy atom. The highest BCUT2D eigenvalue weighted by Crippen LogP contribution is 2.38. The Bertz CT molecular complexity index is 1690. The number of hydrogen-bond donors (Lipinski definition) is 2. The molecule has 0 unspecified atom stereocenters. The Balaban J connectivity index is 1.69. The molecule has 1 aliphatic rings. The van der Waals surface area contributed by atoms with E-state index in [-0.39, 0.29) is 17.7 Å². The molecule has 7 nitrogen and oxygen atoms in total. The van der Waals surface area contributed by atoms with Crippen LogP contribution in [-0.2, 0) is 9.59 Å². The van der Waals surface area contributed by atoms with Crippen LogP contribution < -0.4 is 5.56 Å². The van der Waals surface area contributed by atoms with Crippen molar-refractivity contribution >= 4 is 51.7 Å². The number of hydrazone groups is 1. The number of halogens is 4. The van der Waals surface area contributed by atoms with Crippen molar-refractivity contribution in [2.75, 3.05) is 0 Å². The Labute approximate surface area is 230 Å². The minimum absolute atomic E-state index is 0.00796. The van der Waals surface area contributed by atoms with Gasteiger partial charge in [0.25, 0.3) is 5.56 Å². The number of aliphatic carboxylic acids is 1. The number of amides is 1. The van der Waals surface area contributed by atoms with Gasteiger partial charge in [-0.1, -0.05) is 65.7 Å². The highest BCUT2D eigenvalue weighted by molar-refractivity contribution is 6.31. The van der Waals surface area contributed by atoms with E-state index in [1.807, 2.05) is 6.07 Å². The summed E-state index contributed by atoms with van der Waals surface area (Å²) in [5.74, 6) is -7.92. The van der Waals surface area contributed by atoms with Gasteiger partial charge in [0.05, 0.1) is 17.3 Å². The Kier molecular flexibility index (Phi) is 6.96. The lowest BCUT2D eigenvalue weighted by Crippen LogP contribution is -2.37. The van der Waals surface area contributed by atoms with Crippen molar-refractivity contribution in [1.82, 2.24) is 9.99 Å². The van der Waals surface area contributed by atoms with Gasteiger partial charge in [-0.25, -0.2) is 9.80 Å². The van der Waals surface area contributed by atoms with Gasteiger partial charge in [-0.15, -0.1) is 0 Å². The van der Waals surface area contributed by atoms with E-state index in [1.54, 1.807) is 66.7 Å². The second-order valence-electron chi connectivity index (χ2n) is 9.00. The van der Waals surface area contributed by atoms with E-state index in [0.717, 1.165) is 5.01 Å². The van der Waals surface area contributed by atoms with E-state index in [2.05, 4.69) is 10.1 Å². The number of aromatic amines is 1. The molecular formula is C28H19Cl2F2N3O4. The predicted molar refractivity (Wildman–Crippen MR) is 144 cm³/mol. The van der Waals surface area contributed by atoms with E-state index in [9.17, 15) is 23.2 Å². The van der Waals surface area contributed by atoms with Gasteiger partial charge in [-0.3, -0.25) is 9.59 Å². The molecule has 4 aromatic rings. The maximum atomic E-state index is 14.0. The van der Waals surface area contributed by atoms with Crippen LogP contribution in [0.4, 0.5) is 8.78 Å². The van der Waals surface area contributed by atoms with E-state index in [0.29, 0.717) is 37.6 Å². The third kappa shape index (κ3) is 5.15. The second kappa shape index (κ2) is 10.2. The largest absolute Gasteiger partial charge is 0.477 e. The molecule has 1 amide bonds. The summed E-state index contributed by atoms with van der Waals surface area (Å²) in [6.07, 6.45) is -1.59. The summed E-state index contributed by atoms with van der Waals surface area (Å²) in [5, 5.41) is 15.7. The van der Waals surface area contributed by atoms with Crippen molar-refractivity contribution < 1.29 is 23.5 Å². The van der Waals surface area contributed by atoms with Gasteiger partial charge >= 0.3 is 11.9 Å². The number of fused-ring (bicyclic) bond motifs is 1. The summed E-state index contributed by atoms with van der Waals surface area (Å²) in [6, 6.07) is 19.5. The zero-order chi connectivity index (χ0) is 27.9. The van der Waals surface area contributed by atoms with Gasteiger partial charge in [0, 0.05) is 32.9 Å². The number of rotatable bonds is 6. The number of nitrogens with zero attached hydrogens (tertiary/aromatic N) is 2. The number of carbonyl (C=O) groups excluding carboxylic acids is 1. The van der Waals surface area contributed by atoms with Crippen LogP contribution in [0.5, 0.6) is 0 Å². The van der Waals surface area contributed by atoms with Crippen LogP contribution >= 0.6 is 23.2 Å². The zero-order valence-corrected chi connectivity index (χ0v) is 21.5. The molecule has 0 saturated heterocycles. The maximum Gasteiger partial charge on any atom is 0.375 e. The van der Waals surface area contributed by atoms with Gasteiger partial charge < -0.3 is 10.1 Å². The number of aromatic nitrogens is 1. The highest BCUT2D eigenvalue weighted by atomic mass is 35.5. The Morgan fingerprint density at radius 1 is 0.974 bits per heavy atom. The summed E-state index contributed by atoms with van der Waals surface area (Å²) >= 11 is 12.1. The fourth-order valence-electron chi connectivity index (χ4n) is 4.62. The summed E-state index contributed by atoms with van der Waals surface area (Å²) < 4.78 is 28.1. The molecule has 1 aromatic heterocycles. The summed E-state index contributed by atoms with van der Waals surface area (Å²) in [7, 11) is 0.